The maximum atomic E-state index is 9.58. The van der Waals surface area contributed by atoms with Crippen LogP contribution < -0.4 is 0 Å². The van der Waals surface area contributed by atoms with Gasteiger partial charge in [0.2, 0.25) is 0 Å². The van der Waals surface area contributed by atoms with Crippen molar-refractivity contribution in [1.82, 2.24) is 4.90 Å². The summed E-state index contributed by atoms with van der Waals surface area (Å²) in [6.07, 6.45) is 4.89. The molecule has 1 rings (SSSR count). The molecule has 1 aliphatic carbocycles. The average molecular weight is 199 g/mol. The van der Waals surface area contributed by atoms with Gasteiger partial charge in [0.05, 0.1) is 0 Å². The van der Waals surface area contributed by atoms with Crippen LogP contribution in [0.5, 0.6) is 0 Å². The van der Waals surface area contributed by atoms with Crippen LogP contribution in [-0.2, 0) is 0 Å². The van der Waals surface area contributed by atoms with Crippen LogP contribution in [0.4, 0.5) is 0 Å². The zero-order valence-corrected chi connectivity index (χ0v) is 10.0. The first kappa shape index (κ1) is 12.0. The number of aliphatic hydroxyl groups excluding tert-OH is 1. The van der Waals surface area contributed by atoms with Crippen molar-refractivity contribution in [2.45, 2.75) is 58.7 Å². The zero-order chi connectivity index (χ0) is 10.7. The van der Waals surface area contributed by atoms with E-state index in [1.54, 1.807) is 0 Å². The predicted octanol–water partition coefficient (Wildman–Crippen LogP) is 2.47. The number of hydrogen-bond donors (Lipinski definition) is 1. The summed E-state index contributed by atoms with van der Waals surface area (Å²) in [5, 5.41) is 9.58. The van der Waals surface area contributed by atoms with Crippen LogP contribution in [0, 0.1) is 11.8 Å². The molecule has 1 fully saturated rings. The summed E-state index contributed by atoms with van der Waals surface area (Å²) in [6.45, 7) is 6.48. The lowest BCUT2D eigenvalue weighted by Gasteiger charge is -2.34. The van der Waals surface area contributed by atoms with E-state index in [1.807, 2.05) is 6.92 Å². The van der Waals surface area contributed by atoms with Gasteiger partial charge in [-0.2, -0.15) is 0 Å². The SMILES string of the molecule is CCC(C)C1CCCC1N(C)C(C)O. The van der Waals surface area contributed by atoms with Gasteiger partial charge in [0.25, 0.3) is 0 Å². The van der Waals surface area contributed by atoms with Gasteiger partial charge in [-0.05, 0) is 38.6 Å². The number of nitrogens with zero attached hydrogens (tertiary/aromatic N) is 1. The van der Waals surface area contributed by atoms with Gasteiger partial charge in [0.1, 0.15) is 6.23 Å². The molecule has 0 spiro atoms. The van der Waals surface area contributed by atoms with Gasteiger partial charge in [-0.25, -0.2) is 0 Å². The highest BCUT2D eigenvalue weighted by atomic mass is 16.3. The van der Waals surface area contributed by atoms with Crippen molar-refractivity contribution in [2.75, 3.05) is 7.05 Å². The van der Waals surface area contributed by atoms with E-state index in [0.717, 1.165) is 11.8 Å². The van der Waals surface area contributed by atoms with E-state index < -0.39 is 0 Å². The standard InChI is InChI=1S/C12H25NO/c1-5-9(2)11-7-6-8-12(11)13(4)10(3)14/h9-12,14H,5-8H2,1-4H3. The Morgan fingerprint density at radius 1 is 1.36 bits per heavy atom. The molecule has 0 aromatic heterocycles. The molecule has 0 aromatic rings. The van der Waals surface area contributed by atoms with Crippen LogP contribution >= 0.6 is 0 Å². The fourth-order valence-electron chi connectivity index (χ4n) is 2.72. The first-order valence-corrected chi connectivity index (χ1v) is 5.98. The molecular weight excluding hydrogens is 174 g/mol. The van der Waals surface area contributed by atoms with Gasteiger partial charge < -0.3 is 5.11 Å². The Kier molecular flexibility index (Phi) is 4.39. The fourth-order valence-corrected chi connectivity index (χ4v) is 2.72. The molecule has 0 radical (unpaired) electrons. The molecule has 84 valence electrons. The lowest BCUT2D eigenvalue weighted by atomic mass is 9.87. The molecule has 14 heavy (non-hydrogen) atoms. The topological polar surface area (TPSA) is 23.5 Å². The molecule has 4 atom stereocenters. The summed E-state index contributed by atoms with van der Waals surface area (Å²) in [6, 6.07) is 0.602. The lowest BCUT2D eigenvalue weighted by molar-refractivity contribution is -0.00951. The number of rotatable bonds is 4. The first-order chi connectivity index (χ1) is 6.57. The van der Waals surface area contributed by atoms with E-state index in [2.05, 4.69) is 25.8 Å². The van der Waals surface area contributed by atoms with Gasteiger partial charge in [-0.1, -0.05) is 26.7 Å². The second-order valence-electron chi connectivity index (χ2n) is 4.84. The Balaban J connectivity index is 2.58. The van der Waals surface area contributed by atoms with Crippen molar-refractivity contribution in [3.8, 4) is 0 Å². The van der Waals surface area contributed by atoms with Crippen molar-refractivity contribution in [3.63, 3.8) is 0 Å². The summed E-state index contributed by atoms with van der Waals surface area (Å²) in [7, 11) is 2.05. The molecule has 0 heterocycles. The summed E-state index contributed by atoms with van der Waals surface area (Å²) in [5.41, 5.74) is 0. The molecule has 0 aliphatic heterocycles. The van der Waals surface area contributed by atoms with Gasteiger partial charge in [-0.3, -0.25) is 4.90 Å². The molecule has 1 N–H and O–H groups in total. The van der Waals surface area contributed by atoms with E-state index in [9.17, 15) is 5.11 Å². The average Bonchev–Trinajstić information content (AvgIpc) is 2.63. The van der Waals surface area contributed by atoms with Crippen LogP contribution in [0.15, 0.2) is 0 Å². The summed E-state index contributed by atoms with van der Waals surface area (Å²) < 4.78 is 0. The van der Waals surface area contributed by atoms with E-state index in [4.69, 9.17) is 0 Å². The van der Waals surface area contributed by atoms with Crippen molar-refractivity contribution in [3.05, 3.63) is 0 Å². The second kappa shape index (κ2) is 5.13. The van der Waals surface area contributed by atoms with Gasteiger partial charge >= 0.3 is 0 Å². The van der Waals surface area contributed by atoms with Crippen LogP contribution in [0.2, 0.25) is 0 Å². The molecule has 1 aliphatic rings. The minimum absolute atomic E-state index is 0.301. The quantitative estimate of drug-likeness (QED) is 0.703. The molecule has 1 saturated carbocycles. The van der Waals surface area contributed by atoms with E-state index in [0.29, 0.717) is 6.04 Å². The van der Waals surface area contributed by atoms with Gasteiger partial charge in [0, 0.05) is 6.04 Å². The maximum absolute atomic E-state index is 9.58. The Morgan fingerprint density at radius 2 is 2.00 bits per heavy atom. The highest BCUT2D eigenvalue weighted by Crippen LogP contribution is 2.36. The Hall–Kier alpha value is -0.0800. The summed E-state index contributed by atoms with van der Waals surface area (Å²) >= 11 is 0. The van der Waals surface area contributed by atoms with Crippen molar-refractivity contribution in [1.29, 1.82) is 0 Å². The third kappa shape index (κ3) is 2.48. The number of aliphatic hydroxyl groups is 1. The van der Waals surface area contributed by atoms with Crippen molar-refractivity contribution < 1.29 is 5.11 Å². The molecule has 4 unspecified atom stereocenters. The van der Waals surface area contributed by atoms with Crippen LogP contribution in [0.25, 0.3) is 0 Å². The molecule has 2 nitrogen and oxygen atoms in total. The Morgan fingerprint density at radius 3 is 2.50 bits per heavy atom. The third-order valence-electron chi connectivity index (χ3n) is 4.02. The highest BCUT2D eigenvalue weighted by molar-refractivity contribution is 4.86. The molecule has 0 aromatic carbocycles. The molecule has 2 heteroatoms. The van der Waals surface area contributed by atoms with Crippen LogP contribution in [0.1, 0.15) is 46.5 Å². The first-order valence-electron chi connectivity index (χ1n) is 5.98. The smallest absolute Gasteiger partial charge is 0.104 e. The second-order valence-corrected chi connectivity index (χ2v) is 4.84. The minimum Gasteiger partial charge on any atom is -0.379 e. The summed E-state index contributed by atoms with van der Waals surface area (Å²) in [5.74, 6) is 1.59. The van der Waals surface area contributed by atoms with E-state index >= 15 is 0 Å². The Labute approximate surface area is 88.3 Å². The summed E-state index contributed by atoms with van der Waals surface area (Å²) in [4.78, 5) is 2.14. The van der Waals surface area contributed by atoms with Crippen LogP contribution in [-0.4, -0.2) is 29.3 Å². The van der Waals surface area contributed by atoms with Gasteiger partial charge in [-0.15, -0.1) is 0 Å². The van der Waals surface area contributed by atoms with Gasteiger partial charge in [0.15, 0.2) is 0 Å². The van der Waals surface area contributed by atoms with E-state index in [-0.39, 0.29) is 6.23 Å². The maximum Gasteiger partial charge on any atom is 0.104 e. The number of hydrogen-bond acceptors (Lipinski definition) is 2. The Bertz CT molecular complexity index is 170. The lowest BCUT2D eigenvalue weighted by Crippen LogP contribution is -2.42. The minimum atomic E-state index is -0.301. The normalized spacial score (nSPS) is 32.1. The van der Waals surface area contributed by atoms with Crippen molar-refractivity contribution in [2.24, 2.45) is 11.8 Å². The van der Waals surface area contributed by atoms with E-state index in [1.165, 1.54) is 25.7 Å². The molecular formula is C12H25NO. The zero-order valence-electron chi connectivity index (χ0n) is 10.0. The third-order valence-corrected chi connectivity index (χ3v) is 4.02. The monoisotopic (exact) mass is 199 g/mol. The largest absolute Gasteiger partial charge is 0.379 e. The van der Waals surface area contributed by atoms with Crippen LogP contribution in [0.3, 0.4) is 0 Å². The molecule has 0 bridgehead atoms. The predicted molar refractivity (Wildman–Crippen MR) is 60.0 cm³/mol. The molecule has 0 saturated heterocycles. The van der Waals surface area contributed by atoms with Crippen molar-refractivity contribution >= 4 is 0 Å². The highest BCUT2D eigenvalue weighted by Gasteiger charge is 2.34. The molecule has 0 amide bonds. The fraction of sp³-hybridized carbons (Fsp3) is 1.00.